The molecule has 2 nitrogen and oxygen atoms in total. The first-order valence-corrected chi connectivity index (χ1v) is 6.49. The van der Waals surface area contributed by atoms with Crippen LogP contribution in [0.2, 0.25) is 0 Å². The van der Waals surface area contributed by atoms with E-state index in [9.17, 15) is 9.18 Å². The maximum atomic E-state index is 13.0. The van der Waals surface area contributed by atoms with Crippen LogP contribution < -0.4 is 5.73 Å². The molecule has 94 valence electrons. The van der Waals surface area contributed by atoms with Crippen molar-refractivity contribution in [3.05, 3.63) is 34.1 Å². The second kappa shape index (κ2) is 6.87. The Morgan fingerprint density at radius 3 is 2.88 bits per heavy atom. The molecule has 1 unspecified atom stereocenters. The van der Waals surface area contributed by atoms with Crippen LogP contribution in [0.1, 0.15) is 31.7 Å². The number of Topliss-reactive ketones (excluding diaryl/α,β-unsaturated/α-hetero) is 1. The van der Waals surface area contributed by atoms with Crippen molar-refractivity contribution in [3.63, 3.8) is 0 Å². The lowest BCUT2D eigenvalue weighted by molar-refractivity contribution is -0.118. The summed E-state index contributed by atoms with van der Waals surface area (Å²) in [5, 5.41) is 0. The fourth-order valence-electron chi connectivity index (χ4n) is 1.60. The van der Waals surface area contributed by atoms with Crippen molar-refractivity contribution < 1.29 is 9.18 Å². The van der Waals surface area contributed by atoms with Gasteiger partial charge in [-0.15, -0.1) is 0 Å². The molecular weight excluding hydrogens is 285 g/mol. The zero-order valence-electron chi connectivity index (χ0n) is 9.88. The van der Waals surface area contributed by atoms with E-state index >= 15 is 0 Å². The van der Waals surface area contributed by atoms with E-state index < -0.39 is 0 Å². The van der Waals surface area contributed by atoms with Gasteiger partial charge in [-0.2, -0.15) is 0 Å². The molecular formula is C13H17BrFNO. The molecule has 0 aliphatic heterocycles. The predicted octanol–water partition coefficient (Wildman–Crippen LogP) is 3.22. The summed E-state index contributed by atoms with van der Waals surface area (Å²) in [5.74, 6) is -0.191. The van der Waals surface area contributed by atoms with Crippen LogP contribution in [0.4, 0.5) is 4.39 Å². The third-order valence-corrected chi connectivity index (χ3v) is 3.28. The Kier molecular flexibility index (Phi) is 5.78. The third-order valence-electron chi connectivity index (χ3n) is 2.51. The highest BCUT2D eigenvalue weighted by Gasteiger charge is 2.08. The number of carbonyl (C=O) groups excluding carboxylic acids is 1. The van der Waals surface area contributed by atoms with Crippen LogP contribution in [-0.4, -0.2) is 11.8 Å². The molecule has 1 aromatic rings. The van der Waals surface area contributed by atoms with Crippen molar-refractivity contribution in [2.75, 3.05) is 0 Å². The standard InChI is InChI=1S/C13H17BrFNO/c1-9(16)3-2-4-12(17)8-10-7-11(15)5-6-13(10)14/h5-7,9H,2-4,8,16H2,1H3. The molecule has 0 amide bonds. The molecule has 1 atom stereocenters. The Hall–Kier alpha value is -0.740. The van der Waals surface area contributed by atoms with E-state index in [1.165, 1.54) is 12.1 Å². The lowest BCUT2D eigenvalue weighted by Crippen LogP contribution is -2.15. The first-order valence-electron chi connectivity index (χ1n) is 5.70. The number of benzene rings is 1. The molecule has 0 fully saturated rings. The van der Waals surface area contributed by atoms with E-state index in [0.29, 0.717) is 12.0 Å². The predicted molar refractivity (Wildman–Crippen MR) is 70.3 cm³/mol. The Morgan fingerprint density at radius 1 is 1.53 bits per heavy atom. The number of hydrogen-bond donors (Lipinski definition) is 1. The van der Waals surface area contributed by atoms with Crippen molar-refractivity contribution in [1.82, 2.24) is 0 Å². The number of hydrogen-bond acceptors (Lipinski definition) is 2. The topological polar surface area (TPSA) is 43.1 Å². The van der Waals surface area contributed by atoms with Gasteiger partial charge in [-0.25, -0.2) is 4.39 Å². The smallest absolute Gasteiger partial charge is 0.137 e. The number of rotatable bonds is 6. The van der Waals surface area contributed by atoms with Crippen molar-refractivity contribution >= 4 is 21.7 Å². The number of halogens is 2. The molecule has 1 aromatic carbocycles. The van der Waals surface area contributed by atoms with Gasteiger partial charge in [0.25, 0.3) is 0 Å². The summed E-state index contributed by atoms with van der Waals surface area (Å²) in [4.78, 5) is 11.7. The summed E-state index contributed by atoms with van der Waals surface area (Å²) in [6.07, 6.45) is 2.42. The van der Waals surface area contributed by atoms with E-state index in [1.807, 2.05) is 6.92 Å². The van der Waals surface area contributed by atoms with Crippen molar-refractivity contribution in [1.29, 1.82) is 0 Å². The van der Waals surface area contributed by atoms with Crippen molar-refractivity contribution in [3.8, 4) is 0 Å². The first-order chi connectivity index (χ1) is 7.99. The van der Waals surface area contributed by atoms with Crippen LogP contribution in [0.5, 0.6) is 0 Å². The van der Waals surface area contributed by atoms with Gasteiger partial charge in [0.1, 0.15) is 11.6 Å². The monoisotopic (exact) mass is 301 g/mol. The van der Waals surface area contributed by atoms with Crippen molar-refractivity contribution in [2.45, 2.75) is 38.6 Å². The number of carbonyl (C=O) groups is 1. The summed E-state index contributed by atoms with van der Waals surface area (Å²) in [6.45, 7) is 1.92. The zero-order chi connectivity index (χ0) is 12.8. The summed E-state index contributed by atoms with van der Waals surface area (Å²) < 4.78 is 13.8. The zero-order valence-corrected chi connectivity index (χ0v) is 11.5. The highest BCUT2D eigenvalue weighted by molar-refractivity contribution is 9.10. The van der Waals surface area contributed by atoms with Gasteiger partial charge in [-0.05, 0) is 43.5 Å². The fourth-order valence-corrected chi connectivity index (χ4v) is 1.99. The van der Waals surface area contributed by atoms with Gasteiger partial charge in [-0.3, -0.25) is 4.79 Å². The molecule has 17 heavy (non-hydrogen) atoms. The minimum Gasteiger partial charge on any atom is -0.328 e. The largest absolute Gasteiger partial charge is 0.328 e. The van der Waals surface area contributed by atoms with E-state index in [0.717, 1.165) is 17.3 Å². The molecule has 0 aliphatic carbocycles. The summed E-state index contributed by atoms with van der Waals surface area (Å²) in [6, 6.07) is 4.52. The van der Waals surface area contributed by atoms with Crippen LogP contribution in [0.15, 0.2) is 22.7 Å². The molecule has 0 aromatic heterocycles. The van der Waals surface area contributed by atoms with Gasteiger partial charge < -0.3 is 5.73 Å². The molecule has 0 saturated heterocycles. The van der Waals surface area contributed by atoms with Crippen LogP contribution in [-0.2, 0) is 11.2 Å². The van der Waals surface area contributed by atoms with Crippen LogP contribution in [0.25, 0.3) is 0 Å². The second-order valence-electron chi connectivity index (χ2n) is 4.32. The Labute approximate surface area is 110 Å². The maximum absolute atomic E-state index is 13.0. The second-order valence-corrected chi connectivity index (χ2v) is 5.18. The highest BCUT2D eigenvalue weighted by atomic mass is 79.9. The van der Waals surface area contributed by atoms with E-state index in [4.69, 9.17) is 5.73 Å². The average Bonchev–Trinajstić information content (AvgIpc) is 2.23. The lowest BCUT2D eigenvalue weighted by atomic mass is 10.0. The van der Waals surface area contributed by atoms with Crippen LogP contribution in [0.3, 0.4) is 0 Å². The number of nitrogens with two attached hydrogens (primary N) is 1. The van der Waals surface area contributed by atoms with Gasteiger partial charge in [-0.1, -0.05) is 15.9 Å². The normalized spacial score (nSPS) is 12.5. The van der Waals surface area contributed by atoms with E-state index in [2.05, 4.69) is 15.9 Å². The van der Waals surface area contributed by atoms with Crippen LogP contribution in [0, 0.1) is 5.82 Å². The molecule has 2 N–H and O–H groups in total. The number of ketones is 1. The van der Waals surface area contributed by atoms with Gasteiger partial charge >= 0.3 is 0 Å². The van der Waals surface area contributed by atoms with E-state index in [-0.39, 0.29) is 24.1 Å². The summed E-state index contributed by atoms with van der Waals surface area (Å²) >= 11 is 3.31. The maximum Gasteiger partial charge on any atom is 0.137 e. The van der Waals surface area contributed by atoms with Crippen molar-refractivity contribution in [2.24, 2.45) is 5.73 Å². The minimum atomic E-state index is -0.313. The Bertz CT molecular complexity index is 393. The Balaban J connectivity index is 2.47. The third kappa shape index (κ3) is 5.41. The molecule has 0 bridgehead atoms. The molecule has 0 saturated carbocycles. The fraction of sp³-hybridized carbons (Fsp3) is 0.462. The SMILES string of the molecule is CC(N)CCCC(=O)Cc1cc(F)ccc1Br. The molecule has 0 heterocycles. The molecule has 0 spiro atoms. The molecule has 0 aliphatic rings. The highest BCUT2D eigenvalue weighted by Crippen LogP contribution is 2.19. The van der Waals surface area contributed by atoms with Gasteiger partial charge in [0.05, 0.1) is 0 Å². The average molecular weight is 302 g/mol. The van der Waals surface area contributed by atoms with Crippen LogP contribution >= 0.6 is 15.9 Å². The molecule has 1 rings (SSSR count). The lowest BCUT2D eigenvalue weighted by Gasteiger charge is -2.06. The quantitative estimate of drug-likeness (QED) is 0.877. The Morgan fingerprint density at radius 2 is 2.24 bits per heavy atom. The molecule has 0 radical (unpaired) electrons. The van der Waals surface area contributed by atoms with Gasteiger partial charge in [0.2, 0.25) is 0 Å². The summed E-state index contributed by atoms with van der Waals surface area (Å²) in [5.41, 5.74) is 6.31. The van der Waals surface area contributed by atoms with Gasteiger partial charge in [0.15, 0.2) is 0 Å². The first kappa shape index (κ1) is 14.3. The summed E-state index contributed by atoms with van der Waals surface area (Å²) in [7, 11) is 0. The van der Waals surface area contributed by atoms with Gasteiger partial charge in [0, 0.05) is 23.4 Å². The molecule has 4 heteroatoms. The minimum absolute atomic E-state index is 0.122. The van der Waals surface area contributed by atoms with E-state index in [1.54, 1.807) is 6.07 Å².